The van der Waals surface area contributed by atoms with Gasteiger partial charge in [0.2, 0.25) is 0 Å². The molecule has 0 aromatic carbocycles. The first-order valence-corrected chi connectivity index (χ1v) is 9.84. The van der Waals surface area contributed by atoms with Gasteiger partial charge in [-0.05, 0) is 63.2 Å². The van der Waals surface area contributed by atoms with Gasteiger partial charge in [-0.1, -0.05) is 0 Å². The number of carbonyl (C=O) groups excluding carboxylic acids is 2. The van der Waals surface area contributed by atoms with Crippen LogP contribution in [0.5, 0.6) is 0 Å². The summed E-state index contributed by atoms with van der Waals surface area (Å²) in [6.45, 7) is 2.27. The summed E-state index contributed by atoms with van der Waals surface area (Å²) >= 11 is 1.41. The Bertz CT molecular complexity index is 683. The Kier molecular flexibility index (Phi) is 4.11. The Labute approximate surface area is 145 Å². The van der Waals surface area contributed by atoms with Gasteiger partial charge < -0.3 is 9.30 Å². The number of hydrogen-bond donors (Lipinski definition) is 0. The van der Waals surface area contributed by atoms with Crippen molar-refractivity contribution in [2.24, 2.45) is 28.2 Å². The predicted octanol–water partition coefficient (Wildman–Crippen LogP) is 2.76. The molecule has 0 unspecified atom stereocenters. The molecule has 24 heavy (non-hydrogen) atoms. The topological polar surface area (TPSA) is 60.7 Å². The normalized spacial score (nSPS) is 34.5. The van der Waals surface area contributed by atoms with E-state index < -0.39 is 0 Å². The van der Waals surface area contributed by atoms with Crippen molar-refractivity contribution in [2.45, 2.75) is 52.0 Å². The van der Waals surface area contributed by atoms with E-state index in [0.717, 1.165) is 37.0 Å². The lowest BCUT2D eigenvalue weighted by Crippen LogP contribution is -2.50. The third-order valence-corrected chi connectivity index (χ3v) is 6.75. The van der Waals surface area contributed by atoms with E-state index >= 15 is 0 Å². The maximum Gasteiger partial charge on any atom is 0.326 e. The fraction of sp³-hybridized carbons (Fsp3) is 0.722. The van der Waals surface area contributed by atoms with Gasteiger partial charge in [0.05, 0.1) is 12.0 Å². The SMILES string of the molecule is CCOC(=O)Cn1ccsc1=NC(=O)C12CC3CC(CC(C3)C1)C2. The Balaban J connectivity index is 1.57. The number of hydrogen-bond acceptors (Lipinski definition) is 4. The summed E-state index contributed by atoms with van der Waals surface area (Å²) in [6, 6.07) is 0. The molecule has 5 nitrogen and oxygen atoms in total. The Morgan fingerprint density at radius 2 is 1.88 bits per heavy atom. The van der Waals surface area contributed by atoms with Crippen molar-refractivity contribution in [3.63, 3.8) is 0 Å². The first-order valence-electron chi connectivity index (χ1n) is 8.97. The second kappa shape index (κ2) is 6.14. The number of nitrogens with zero attached hydrogens (tertiary/aromatic N) is 2. The molecule has 0 aliphatic heterocycles. The highest BCUT2D eigenvalue weighted by atomic mass is 32.1. The molecule has 4 fully saturated rings. The highest BCUT2D eigenvalue weighted by Crippen LogP contribution is 2.60. The zero-order chi connectivity index (χ0) is 16.7. The Morgan fingerprint density at radius 3 is 2.46 bits per heavy atom. The summed E-state index contributed by atoms with van der Waals surface area (Å²) in [5.74, 6) is 1.93. The summed E-state index contributed by atoms with van der Waals surface area (Å²) < 4.78 is 6.72. The van der Waals surface area contributed by atoms with Crippen LogP contribution in [0.3, 0.4) is 0 Å². The summed E-state index contributed by atoms with van der Waals surface area (Å²) in [6.07, 6.45) is 8.80. The van der Waals surface area contributed by atoms with Crippen LogP contribution in [0.15, 0.2) is 16.6 Å². The monoisotopic (exact) mass is 348 g/mol. The number of carbonyl (C=O) groups is 2. The average Bonchev–Trinajstić information content (AvgIpc) is 2.93. The highest BCUT2D eigenvalue weighted by Gasteiger charge is 2.54. The van der Waals surface area contributed by atoms with E-state index in [4.69, 9.17) is 4.74 Å². The minimum absolute atomic E-state index is 0.0432. The molecule has 0 N–H and O–H groups in total. The fourth-order valence-electron chi connectivity index (χ4n) is 5.43. The molecule has 0 atom stereocenters. The first-order chi connectivity index (χ1) is 11.6. The average molecular weight is 348 g/mol. The molecule has 0 radical (unpaired) electrons. The van der Waals surface area contributed by atoms with Crippen LogP contribution in [0.25, 0.3) is 0 Å². The molecule has 0 saturated heterocycles. The quantitative estimate of drug-likeness (QED) is 0.786. The van der Waals surface area contributed by atoms with Crippen molar-refractivity contribution in [2.75, 3.05) is 6.61 Å². The predicted molar refractivity (Wildman–Crippen MR) is 90.1 cm³/mol. The first kappa shape index (κ1) is 16.1. The van der Waals surface area contributed by atoms with Gasteiger partial charge in [-0.2, -0.15) is 4.99 Å². The lowest BCUT2D eigenvalue weighted by molar-refractivity contribution is -0.144. The molecule has 4 aliphatic rings. The molecule has 5 rings (SSSR count). The summed E-state index contributed by atoms with van der Waals surface area (Å²) in [5.41, 5.74) is -0.222. The number of thiazole rings is 1. The number of aromatic nitrogens is 1. The molecular weight excluding hydrogens is 324 g/mol. The van der Waals surface area contributed by atoms with Gasteiger partial charge in [-0.25, -0.2) is 0 Å². The van der Waals surface area contributed by atoms with E-state index in [1.54, 1.807) is 17.7 Å². The van der Waals surface area contributed by atoms with E-state index in [1.807, 2.05) is 5.38 Å². The maximum absolute atomic E-state index is 13.0. The van der Waals surface area contributed by atoms with Gasteiger partial charge in [-0.15, -0.1) is 11.3 Å². The highest BCUT2D eigenvalue weighted by molar-refractivity contribution is 7.07. The van der Waals surface area contributed by atoms with Gasteiger partial charge in [0, 0.05) is 11.6 Å². The van der Waals surface area contributed by atoms with E-state index in [1.165, 1.54) is 30.6 Å². The van der Waals surface area contributed by atoms with Gasteiger partial charge in [0.1, 0.15) is 6.54 Å². The number of ether oxygens (including phenoxy) is 1. The molecule has 4 saturated carbocycles. The zero-order valence-electron chi connectivity index (χ0n) is 14.1. The molecule has 130 valence electrons. The lowest BCUT2D eigenvalue weighted by Gasteiger charge is -2.55. The molecular formula is C18H24N2O3S. The Hall–Kier alpha value is -1.43. The van der Waals surface area contributed by atoms with E-state index in [9.17, 15) is 9.59 Å². The van der Waals surface area contributed by atoms with E-state index in [-0.39, 0.29) is 23.8 Å². The van der Waals surface area contributed by atoms with Crippen LogP contribution in [0.4, 0.5) is 0 Å². The minimum Gasteiger partial charge on any atom is -0.465 e. The van der Waals surface area contributed by atoms with Gasteiger partial charge in [0.15, 0.2) is 4.80 Å². The molecule has 4 aliphatic carbocycles. The summed E-state index contributed by atoms with van der Waals surface area (Å²) in [5, 5.41) is 1.87. The van der Waals surface area contributed by atoms with Crippen molar-refractivity contribution in [1.82, 2.24) is 4.57 Å². The lowest BCUT2D eigenvalue weighted by atomic mass is 9.49. The smallest absolute Gasteiger partial charge is 0.326 e. The molecule has 1 amide bonds. The molecule has 0 spiro atoms. The van der Waals surface area contributed by atoms with Crippen LogP contribution < -0.4 is 4.80 Å². The van der Waals surface area contributed by atoms with Gasteiger partial charge >= 0.3 is 5.97 Å². The molecule has 1 aromatic heterocycles. The number of rotatable bonds is 4. The number of amides is 1. The van der Waals surface area contributed by atoms with Crippen LogP contribution in [-0.2, 0) is 20.9 Å². The second-order valence-corrected chi connectivity index (χ2v) is 8.61. The van der Waals surface area contributed by atoms with Crippen molar-refractivity contribution in [3.8, 4) is 0 Å². The largest absolute Gasteiger partial charge is 0.465 e. The van der Waals surface area contributed by atoms with Gasteiger partial charge in [0.25, 0.3) is 5.91 Å². The van der Waals surface area contributed by atoms with Crippen LogP contribution in [0.2, 0.25) is 0 Å². The molecule has 4 bridgehead atoms. The fourth-order valence-corrected chi connectivity index (χ4v) is 6.16. The molecule has 6 heteroatoms. The van der Waals surface area contributed by atoms with Crippen molar-refractivity contribution < 1.29 is 14.3 Å². The molecule has 1 heterocycles. The van der Waals surface area contributed by atoms with E-state index in [2.05, 4.69) is 4.99 Å². The third kappa shape index (κ3) is 2.85. The minimum atomic E-state index is -0.292. The number of esters is 1. The second-order valence-electron chi connectivity index (χ2n) is 7.73. The third-order valence-electron chi connectivity index (χ3n) is 5.95. The zero-order valence-corrected chi connectivity index (χ0v) is 14.9. The standard InChI is InChI=1S/C18H24N2O3S/c1-2-23-15(21)11-20-3-4-24-17(20)19-16(22)18-8-12-5-13(9-18)7-14(6-12)10-18/h3-4,12-14H,2,5-11H2,1H3. The van der Waals surface area contributed by atoms with Crippen molar-refractivity contribution >= 4 is 23.2 Å². The maximum atomic E-state index is 13.0. The molecule has 1 aromatic rings. The van der Waals surface area contributed by atoms with Crippen molar-refractivity contribution in [1.29, 1.82) is 0 Å². The Morgan fingerprint density at radius 1 is 1.25 bits per heavy atom. The van der Waals surface area contributed by atoms with Crippen LogP contribution in [-0.4, -0.2) is 23.1 Å². The van der Waals surface area contributed by atoms with Crippen LogP contribution in [0.1, 0.15) is 45.4 Å². The van der Waals surface area contributed by atoms with Crippen LogP contribution in [0, 0.1) is 23.2 Å². The summed E-state index contributed by atoms with van der Waals surface area (Å²) in [4.78, 5) is 29.8. The van der Waals surface area contributed by atoms with Crippen LogP contribution >= 0.6 is 11.3 Å². The van der Waals surface area contributed by atoms with E-state index in [0.29, 0.717) is 11.4 Å². The van der Waals surface area contributed by atoms with Gasteiger partial charge in [-0.3, -0.25) is 9.59 Å². The van der Waals surface area contributed by atoms with Crippen molar-refractivity contribution in [3.05, 3.63) is 16.4 Å². The summed E-state index contributed by atoms with van der Waals surface area (Å²) in [7, 11) is 0.